The third kappa shape index (κ3) is 5.87. The molecule has 0 saturated carbocycles. The highest BCUT2D eigenvalue weighted by Gasteiger charge is 2.32. The van der Waals surface area contributed by atoms with Crippen LogP contribution in [0, 0.1) is 0 Å². The Bertz CT molecular complexity index is 1150. The molecule has 1 aromatic rings. The summed E-state index contributed by atoms with van der Waals surface area (Å²) in [6.07, 6.45) is 1.80. The molecule has 2 heterocycles. The van der Waals surface area contributed by atoms with Gasteiger partial charge in [0, 0.05) is 25.2 Å². The van der Waals surface area contributed by atoms with E-state index in [1.54, 1.807) is 19.1 Å². The molecule has 2 aliphatic rings. The minimum absolute atomic E-state index is 0.0342. The van der Waals surface area contributed by atoms with Crippen LogP contribution in [0.4, 0.5) is 4.79 Å². The number of rotatable bonds is 8. The van der Waals surface area contributed by atoms with Crippen molar-refractivity contribution in [2.75, 3.05) is 33.4 Å². The minimum atomic E-state index is -4.00. The van der Waals surface area contributed by atoms with Crippen LogP contribution in [0.5, 0.6) is 11.5 Å². The molecule has 3 amide bonds. The van der Waals surface area contributed by atoms with E-state index in [1.807, 2.05) is 13.8 Å². The molecule has 2 aliphatic heterocycles. The van der Waals surface area contributed by atoms with E-state index in [2.05, 4.69) is 15.4 Å². The number of nitrogens with one attached hydrogen (secondary N) is 3. The van der Waals surface area contributed by atoms with Crippen molar-refractivity contribution < 1.29 is 27.5 Å². The number of nitrogens with zero attached hydrogens (tertiary/aromatic N) is 1. The third-order valence-electron chi connectivity index (χ3n) is 6.06. The number of carbonyl (C=O) groups is 2. The molecule has 35 heavy (non-hydrogen) atoms. The van der Waals surface area contributed by atoms with Crippen LogP contribution < -0.4 is 24.8 Å². The maximum atomic E-state index is 13.0. The first kappa shape index (κ1) is 26.7. The summed E-state index contributed by atoms with van der Waals surface area (Å²) in [5, 5.41) is 5.38. The largest absolute Gasteiger partial charge is 0.493 e. The molecule has 0 bridgehead atoms. The van der Waals surface area contributed by atoms with E-state index < -0.39 is 16.1 Å². The molecule has 1 atom stereocenters. The topological polar surface area (TPSA) is 126 Å². The Morgan fingerprint density at radius 3 is 2.69 bits per heavy atom. The van der Waals surface area contributed by atoms with E-state index in [1.165, 1.54) is 11.9 Å². The highest BCUT2D eigenvalue weighted by molar-refractivity contribution is 7.92. The second-order valence-electron chi connectivity index (χ2n) is 8.31. The lowest BCUT2D eigenvalue weighted by atomic mass is 9.90. The number of imide groups is 1. The average Bonchev–Trinajstić information content (AvgIpc) is 3.11. The lowest BCUT2D eigenvalue weighted by molar-refractivity contribution is -0.123. The number of carbonyl (C=O) groups excluding carboxylic acids is 2. The minimum Gasteiger partial charge on any atom is -0.493 e. The van der Waals surface area contributed by atoms with Gasteiger partial charge in [0.2, 0.25) is 0 Å². The molecule has 3 N–H and O–H groups in total. The second-order valence-corrected chi connectivity index (χ2v) is 10.4. The van der Waals surface area contributed by atoms with E-state index >= 15 is 0 Å². The fraction of sp³-hybridized carbons (Fsp3) is 0.522. The van der Waals surface area contributed by atoms with Gasteiger partial charge in [-0.15, -0.1) is 0 Å². The molecule has 192 valence electrons. The van der Waals surface area contributed by atoms with Crippen molar-refractivity contribution in [1.82, 2.24) is 20.3 Å². The van der Waals surface area contributed by atoms with Gasteiger partial charge < -0.3 is 20.1 Å². The van der Waals surface area contributed by atoms with E-state index in [9.17, 15) is 18.0 Å². The van der Waals surface area contributed by atoms with Crippen molar-refractivity contribution in [3.8, 4) is 11.5 Å². The highest BCUT2D eigenvalue weighted by Crippen LogP contribution is 2.41. The monoisotopic (exact) mass is 524 g/mol. The number of benzene rings is 1. The van der Waals surface area contributed by atoms with Crippen molar-refractivity contribution in [2.24, 2.45) is 0 Å². The molecule has 0 aromatic heterocycles. The van der Waals surface area contributed by atoms with Crippen LogP contribution in [-0.2, 0) is 14.8 Å². The van der Waals surface area contributed by atoms with Gasteiger partial charge in [-0.05, 0) is 68.4 Å². The smallest absolute Gasteiger partial charge is 0.324 e. The van der Waals surface area contributed by atoms with E-state index in [4.69, 9.17) is 21.7 Å². The number of hydrogen-bond acceptors (Lipinski definition) is 7. The summed E-state index contributed by atoms with van der Waals surface area (Å²) in [6.45, 7) is 6.88. The maximum Gasteiger partial charge on any atom is 0.324 e. The summed E-state index contributed by atoms with van der Waals surface area (Å²) in [5.41, 5.74) is 2.31. The lowest BCUT2D eigenvalue weighted by Gasteiger charge is -2.28. The van der Waals surface area contributed by atoms with Crippen molar-refractivity contribution in [1.29, 1.82) is 0 Å². The maximum absolute atomic E-state index is 13.0. The Labute approximate surface area is 211 Å². The number of urea groups is 1. The summed E-state index contributed by atoms with van der Waals surface area (Å²) < 4.78 is 39.7. The van der Waals surface area contributed by atoms with Crippen LogP contribution in [0.25, 0.3) is 0 Å². The van der Waals surface area contributed by atoms with Crippen LogP contribution in [0.3, 0.4) is 0 Å². The Morgan fingerprint density at radius 2 is 2.06 bits per heavy atom. The quantitative estimate of drug-likeness (QED) is 0.443. The molecule has 0 saturated heterocycles. The molecule has 0 aliphatic carbocycles. The van der Waals surface area contributed by atoms with Gasteiger partial charge in [-0.1, -0.05) is 6.92 Å². The van der Waals surface area contributed by atoms with Crippen LogP contribution in [0.15, 0.2) is 28.2 Å². The molecule has 0 radical (unpaired) electrons. The van der Waals surface area contributed by atoms with Gasteiger partial charge in [-0.3, -0.25) is 14.4 Å². The summed E-state index contributed by atoms with van der Waals surface area (Å²) in [5.74, 6) is 0.423. The first-order valence-electron chi connectivity index (χ1n) is 11.6. The molecule has 12 heteroatoms. The zero-order chi connectivity index (χ0) is 25.8. The zero-order valence-electron chi connectivity index (χ0n) is 20.4. The molecule has 1 aromatic carbocycles. The van der Waals surface area contributed by atoms with Crippen molar-refractivity contribution in [3.63, 3.8) is 0 Å². The second kappa shape index (κ2) is 11.3. The van der Waals surface area contributed by atoms with Gasteiger partial charge in [0.05, 0.1) is 19.8 Å². The van der Waals surface area contributed by atoms with Crippen LogP contribution in [-0.4, -0.2) is 63.7 Å². The Balaban J connectivity index is 1.76. The SMILES string of the molecule is CCOc1cc2c(cc1S(=O)(=O)NC(=S)NC)C(CCNC(=O)N1CC(C)=C(CC)C1=O)CCO2. The highest BCUT2D eigenvalue weighted by atomic mass is 32.2. The first-order valence-corrected chi connectivity index (χ1v) is 13.5. The van der Waals surface area contributed by atoms with Gasteiger partial charge in [0.25, 0.3) is 15.9 Å². The standard InChI is InChI=1S/C23H32N4O6S2/c1-5-16-14(3)13-27(21(16)28)23(29)25-9-7-15-8-10-33-18-12-19(32-6-2)20(11-17(15)18)35(30,31)26-22(34)24-4/h11-12,15H,5-10,13H2,1-4H3,(H,25,29)(H2,24,26,34). The fourth-order valence-electron chi connectivity index (χ4n) is 4.29. The van der Waals surface area contributed by atoms with Gasteiger partial charge in [0.1, 0.15) is 16.4 Å². The molecule has 0 spiro atoms. The van der Waals surface area contributed by atoms with E-state index in [0.29, 0.717) is 55.8 Å². The number of amides is 3. The molecule has 1 unspecified atom stereocenters. The van der Waals surface area contributed by atoms with Crippen LogP contribution in [0.1, 0.15) is 51.5 Å². The van der Waals surface area contributed by atoms with Gasteiger partial charge in [-0.2, -0.15) is 0 Å². The van der Waals surface area contributed by atoms with E-state index in [0.717, 1.165) is 5.57 Å². The Morgan fingerprint density at radius 1 is 1.31 bits per heavy atom. The molecule has 10 nitrogen and oxygen atoms in total. The number of fused-ring (bicyclic) bond motifs is 1. The summed E-state index contributed by atoms with van der Waals surface area (Å²) in [7, 11) is -2.48. The Kier molecular flexibility index (Phi) is 8.60. The number of thiocarbonyl (C=S) groups is 1. The summed E-state index contributed by atoms with van der Waals surface area (Å²) in [6, 6.07) is 2.71. The molecule has 0 fully saturated rings. The van der Waals surface area contributed by atoms with Crippen molar-refractivity contribution in [3.05, 3.63) is 28.8 Å². The predicted octanol–water partition coefficient (Wildman–Crippen LogP) is 2.40. The lowest BCUT2D eigenvalue weighted by Crippen LogP contribution is -2.42. The molecular formula is C23H32N4O6S2. The van der Waals surface area contributed by atoms with Crippen molar-refractivity contribution >= 4 is 39.3 Å². The first-order chi connectivity index (χ1) is 16.6. The number of hydrogen-bond donors (Lipinski definition) is 3. The number of ether oxygens (including phenoxy) is 2. The normalized spacial score (nSPS) is 17.5. The van der Waals surface area contributed by atoms with E-state index in [-0.39, 0.29) is 34.2 Å². The van der Waals surface area contributed by atoms with Crippen LogP contribution in [0.2, 0.25) is 0 Å². The molecule has 3 rings (SSSR count). The molecular weight excluding hydrogens is 492 g/mol. The van der Waals surface area contributed by atoms with Crippen molar-refractivity contribution in [2.45, 2.75) is 50.8 Å². The van der Waals surface area contributed by atoms with Gasteiger partial charge in [-0.25, -0.2) is 13.2 Å². The predicted molar refractivity (Wildman–Crippen MR) is 135 cm³/mol. The average molecular weight is 525 g/mol. The Hall–Kier alpha value is -2.86. The van der Waals surface area contributed by atoms with Gasteiger partial charge in [0.15, 0.2) is 5.11 Å². The van der Waals surface area contributed by atoms with Crippen LogP contribution >= 0.6 is 12.2 Å². The third-order valence-corrected chi connectivity index (χ3v) is 7.87. The number of sulfonamides is 1. The fourth-order valence-corrected chi connectivity index (χ4v) is 5.74. The zero-order valence-corrected chi connectivity index (χ0v) is 22.0. The van der Waals surface area contributed by atoms with Gasteiger partial charge >= 0.3 is 6.03 Å². The summed E-state index contributed by atoms with van der Waals surface area (Å²) >= 11 is 4.98. The summed E-state index contributed by atoms with van der Waals surface area (Å²) in [4.78, 5) is 26.2.